The fraction of sp³-hybridized carbons (Fsp3) is 0.647. The van der Waals surface area contributed by atoms with Gasteiger partial charge in [0, 0.05) is 63.3 Å². The monoisotopic (exact) mass is 377 g/mol. The van der Waals surface area contributed by atoms with E-state index < -0.39 is 0 Å². The van der Waals surface area contributed by atoms with Crippen molar-refractivity contribution >= 4 is 22.6 Å². The predicted molar refractivity (Wildman–Crippen MR) is 104 cm³/mol. The van der Waals surface area contributed by atoms with E-state index in [1.54, 1.807) is 0 Å². The van der Waals surface area contributed by atoms with Crippen molar-refractivity contribution in [1.82, 2.24) is 24.7 Å². The summed E-state index contributed by atoms with van der Waals surface area (Å²) in [5.41, 5.74) is 2.15. The number of rotatable bonds is 5. The Morgan fingerprint density at radius 2 is 2.04 bits per heavy atom. The van der Waals surface area contributed by atoms with Crippen LogP contribution in [0.5, 0.6) is 0 Å². The molecule has 0 unspecified atom stereocenters. The Kier molecular flexibility index (Phi) is 6.08. The first-order valence-corrected chi connectivity index (χ1v) is 9.84. The lowest BCUT2D eigenvalue weighted by Crippen LogP contribution is -2.52. The normalized spacial score (nSPS) is 15.6. The smallest absolute Gasteiger partial charge is 0.205 e. The molecule has 142 valence electrons. The summed E-state index contributed by atoms with van der Waals surface area (Å²) in [6.45, 7) is 10.6. The van der Waals surface area contributed by atoms with Crippen molar-refractivity contribution in [2.24, 2.45) is 4.99 Å². The molecule has 0 amide bonds. The van der Waals surface area contributed by atoms with Gasteiger partial charge in [-0.05, 0) is 20.3 Å². The van der Waals surface area contributed by atoms with Crippen LogP contribution in [-0.4, -0.2) is 65.1 Å². The van der Waals surface area contributed by atoms with E-state index in [4.69, 9.17) is 4.52 Å². The van der Waals surface area contributed by atoms with E-state index in [2.05, 4.69) is 41.5 Å². The number of aromatic nitrogens is 3. The second kappa shape index (κ2) is 8.48. The van der Waals surface area contributed by atoms with Gasteiger partial charge in [0.05, 0.1) is 5.69 Å². The second-order valence-electron chi connectivity index (χ2n) is 6.35. The third-order valence-corrected chi connectivity index (χ3v) is 5.49. The lowest BCUT2D eigenvalue weighted by atomic mass is 10.1. The number of piperazine rings is 1. The van der Waals surface area contributed by atoms with Gasteiger partial charge in [0.2, 0.25) is 5.13 Å². The van der Waals surface area contributed by atoms with Gasteiger partial charge in [0.25, 0.3) is 0 Å². The largest absolute Gasteiger partial charge is 0.361 e. The maximum absolute atomic E-state index is 5.23. The van der Waals surface area contributed by atoms with Crippen LogP contribution in [-0.2, 0) is 12.8 Å². The molecule has 26 heavy (non-hydrogen) atoms. The number of aliphatic imine (C=N–C) groups is 1. The highest BCUT2D eigenvalue weighted by molar-refractivity contribution is 7.09. The molecule has 0 spiro atoms. The molecule has 8 nitrogen and oxygen atoms in total. The minimum absolute atomic E-state index is 0.812. The lowest BCUT2D eigenvalue weighted by molar-refractivity contribution is 0.372. The first-order valence-electron chi connectivity index (χ1n) is 9.07. The minimum atomic E-state index is 0.812. The van der Waals surface area contributed by atoms with Crippen LogP contribution in [0.2, 0.25) is 0 Å². The van der Waals surface area contributed by atoms with E-state index >= 15 is 0 Å². The van der Waals surface area contributed by atoms with Crippen LogP contribution in [0, 0.1) is 13.8 Å². The molecule has 1 aliphatic heterocycles. The molecule has 2 aromatic rings. The number of hydrogen-bond acceptors (Lipinski definition) is 7. The quantitative estimate of drug-likeness (QED) is 0.626. The summed E-state index contributed by atoms with van der Waals surface area (Å²) in [6, 6.07) is 0. The van der Waals surface area contributed by atoms with Gasteiger partial charge in [-0.25, -0.2) is 4.98 Å². The summed E-state index contributed by atoms with van der Waals surface area (Å²) in [6.07, 6.45) is 1.77. The van der Waals surface area contributed by atoms with Crippen molar-refractivity contribution in [1.29, 1.82) is 0 Å². The topological polar surface area (TPSA) is 82.7 Å². The molecule has 0 bridgehead atoms. The Balaban J connectivity index is 1.49. The average molecular weight is 378 g/mol. The molecule has 0 aliphatic carbocycles. The van der Waals surface area contributed by atoms with Gasteiger partial charge < -0.3 is 19.6 Å². The summed E-state index contributed by atoms with van der Waals surface area (Å²) in [5.74, 6) is 2.78. The van der Waals surface area contributed by atoms with E-state index in [-0.39, 0.29) is 0 Å². The maximum atomic E-state index is 5.23. The number of hydrogen-bond donors (Lipinski definition) is 1. The number of nitrogens with one attached hydrogen (secondary N) is 1. The Hall–Kier alpha value is -2.16. The van der Waals surface area contributed by atoms with Crippen LogP contribution in [0.4, 0.5) is 5.13 Å². The van der Waals surface area contributed by atoms with E-state index in [9.17, 15) is 0 Å². The molecule has 0 radical (unpaired) electrons. The summed E-state index contributed by atoms with van der Waals surface area (Å²) >= 11 is 1.50. The molecule has 0 saturated carbocycles. The molecule has 0 aromatic carbocycles. The van der Waals surface area contributed by atoms with Crippen LogP contribution in [0.15, 0.2) is 9.52 Å². The molecule has 3 heterocycles. The molecule has 3 rings (SSSR count). The molecule has 1 saturated heterocycles. The highest BCUT2D eigenvalue weighted by Gasteiger charge is 2.22. The highest BCUT2D eigenvalue weighted by atomic mass is 32.1. The Bertz CT molecular complexity index is 727. The van der Waals surface area contributed by atoms with Crippen molar-refractivity contribution in [2.45, 2.75) is 33.6 Å². The van der Waals surface area contributed by atoms with E-state index in [1.807, 2.05) is 20.9 Å². The van der Waals surface area contributed by atoms with Crippen LogP contribution in [0.3, 0.4) is 0 Å². The van der Waals surface area contributed by atoms with Gasteiger partial charge in [0.1, 0.15) is 11.6 Å². The molecular formula is C17H27N7OS. The fourth-order valence-corrected chi connectivity index (χ4v) is 3.92. The third kappa shape index (κ3) is 4.14. The highest BCUT2D eigenvalue weighted by Crippen LogP contribution is 2.19. The second-order valence-corrected chi connectivity index (χ2v) is 7.08. The van der Waals surface area contributed by atoms with Gasteiger partial charge in [0.15, 0.2) is 5.96 Å². The number of nitrogens with zero attached hydrogens (tertiary/aromatic N) is 6. The lowest BCUT2D eigenvalue weighted by Gasteiger charge is -2.36. The zero-order valence-corrected chi connectivity index (χ0v) is 16.8. The minimum Gasteiger partial charge on any atom is -0.361 e. The third-order valence-electron chi connectivity index (χ3n) is 4.67. The molecule has 1 aliphatic rings. The van der Waals surface area contributed by atoms with Crippen molar-refractivity contribution in [3.8, 4) is 0 Å². The number of aryl methyl sites for hydroxylation is 3. The van der Waals surface area contributed by atoms with Crippen molar-refractivity contribution in [3.63, 3.8) is 0 Å². The average Bonchev–Trinajstić information content (AvgIpc) is 3.27. The van der Waals surface area contributed by atoms with Crippen molar-refractivity contribution < 1.29 is 4.52 Å². The summed E-state index contributed by atoms with van der Waals surface area (Å²) in [7, 11) is 1.84. The van der Waals surface area contributed by atoms with Gasteiger partial charge >= 0.3 is 0 Å². The molecule has 9 heteroatoms. The zero-order valence-electron chi connectivity index (χ0n) is 15.9. The Morgan fingerprint density at radius 1 is 1.27 bits per heavy atom. The number of guanidine groups is 1. The summed E-state index contributed by atoms with van der Waals surface area (Å²) in [5, 5.41) is 8.50. The van der Waals surface area contributed by atoms with Crippen LogP contribution in [0.1, 0.15) is 29.8 Å². The Labute approximate surface area is 158 Å². The molecule has 1 N–H and O–H groups in total. The maximum Gasteiger partial charge on any atom is 0.205 e. The van der Waals surface area contributed by atoms with Gasteiger partial charge in [-0.1, -0.05) is 12.1 Å². The van der Waals surface area contributed by atoms with Gasteiger partial charge in [-0.15, -0.1) is 0 Å². The molecule has 0 atom stereocenters. The van der Waals surface area contributed by atoms with E-state index in [1.165, 1.54) is 17.1 Å². The van der Waals surface area contributed by atoms with Crippen molar-refractivity contribution in [3.05, 3.63) is 22.8 Å². The SMILES string of the molecule is CCc1nsc(N2CCN(C(=NC)NCCc3c(C)noc3C)CC2)n1. The van der Waals surface area contributed by atoms with Crippen LogP contribution < -0.4 is 10.2 Å². The van der Waals surface area contributed by atoms with Gasteiger partial charge in [-0.3, -0.25) is 4.99 Å². The summed E-state index contributed by atoms with van der Waals surface area (Å²) < 4.78 is 9.61. The molecule has 2 aromatic heterocycles. The van der Waals surface area contributed by atoms with Crippen LogP contribution >= 0.6 is 11.5 Å². The first kappa shape index (κ1) is 18.6. The fourth-order valence-electron chi connectivity index (χ4n) is 3.12. The van der Waals surface area contributed by atoms with Crippen LogP contribution in [0.25, 0.3) is 0 Å². The first-order chi connectivity index (χ1) is 12.6. The standard InChI is InChI=1S/C17H27N7OS/c1-5-15-20-17(26-22-15)24-10-8-23(9-11-24)16(18-4)19-7-6-14-12(2)21-25-13(14)3/h5-11H2,1-4H3,(H,18,19). The predicted octanol–water partition coefficient (Wildman–Crippen LogP) is 1.65. The van der Waals surface area contributed by atoms with Gasteiger partial charge in [-0.2, -0.15) is 4.37 Å². The molecule has 1 fully saturated rings. The Morgan fingerprint density at radius 3 is 2.62 bits per heavy atom. The zero-order chi connectivity index (χ0) is 18.5. The number of anilines is 1. The van der Waals surface area contributed by atoms with E-state index in [0.29, 0.717) is 0 Å². The van der Waals surface area contributed by atoms with Crippen molar-refractivity contribution in [2.75, 3.05) is 44.7 Å². The molecular weight excluding hydrogens is 350 g/mol. The van der Waals surface area contributed by atoms with E-state index in [0.717, 1.165) is 73.9 Å². The summed E-state index contributed by atoms with van der Waals surface area (Å²) in [4.78, 5) is 13.6.